The minimum Gasteiger partial charge on any atom is -0.354 e. The molecular formula is C21H34N2O. The van der Waals surface area contributed by atoms with E-state index in [2.05, 4.69) is 63.0 Å². The number of likely N-dealkylation sites (tertiary alicyclic amines) is 1. The Hall–Kier alpha value is -1.35. The highest BCUT2D eigenvalue weighted by Gasteiger charge is 2.30. The largest absolute Gasteiger partial charge is 0.354 e. The number of carbonyl (C=O) groups is 1. The Morgan fingerprint density at radius 2 is 2.08 bits per heavy atom. The number of piperidine rings is 1. The number of hydrogen-bond acceptors (Lipinski definition) is 2. The highest BCUT2D eigenvalue weighted by atomic mass is 16.1. The van der Waals surface area contributed by atoms with Crippen molar-refractivity contribution in [1.29, 1.82) is 0 Å². The van der Waals surface area contributed by atoms with Gasteiger partial charge in [-0.05, 0) is 70.5 Å². The van der Waals surface area contributed by atoms with Crippen molar-refractivity contribution in [3.8, 4) is 0 Å². The molecule has 2 rings (SSSR count). The van der Waals surface area contributed by atoms with E-state index in [1.54, 1.807) is 0 Å². The fourth-order valence-corrected chi connectivity index (χ4v) is 3.63. The Morgan fingerprint density at radius 1 is 1.33 bits per heavy atom. The predicted molar refractivity (Wildman–Crippen MR) is 101 cm³/mol. The van der Waals surface area contributed by atoms with Crippen LogP contribution in [0.3, 0.4) is 0 Å². The number of aryl methyl sites for hydroxylation is 3. The van der Waals surface area contributed by atoms with Crippen molar-refractivity contribution in [2.24, 2.45) is 5.92 Å². The van der Waals surface area contributed by atoms with Crippen molar-refractivity contribution >= 4 is 5.91 Å². The van der Waals surface area contributed by atoms with Crippen molar-refractivity contribution in [3.63, 3.8) is 0 Å². The van der Waals surface area contributed by atoms with Gasteiger partial charge in [0.15, 0.2) is 0 Å². The number of amides is 1. The van der Waals surface area contributed by atoms with Crippen molar-refractivity contribution in [2.45, 2.75) is 65.8 Å². The molecule has 1 N–H and O–H groups in total. The molecule has 1 aromatic rings. The molecule has 0 saturated carbocycles. The van der Waals surface area contributed by atoms with E-state index in [4.69, 9.17) is 0 Å². The molecule has 0 radical (unpaired) electrons. The summed E-state index contributed by atoms with van der Waals surface area (Å²) in [6.07, 6.45) is 3.98. The second-order valence-corrected chi connectivity index (χ2v) is 8.21. The molecule has 3 nitrogen and oxygen atoms in total. The highest BCUT2D eigenvalue weighted by molar-refractivity contribution is 5.76. The molecule has 1 saturated heterocycles. The van der Waals surface area contributed by atoms with E-state index in [1.807, 2.05) is 0 Å². The molecule has 0 aliphatic carbocycles. The van der Waals surface area contributed by atoms with Gasteiger partial charge in [-0.2, -0.15) is 0 Å². The molecule has 1 aliphatic rings. The third kappa shape index (κ3) is 5.34. The maximum atomic E-state index is 12.3. The smallest absolute Gasteiger partial charge is 0.220 e. The van der Waals surface area contributed by atoms with Gasteiger partial charge in [-0.25, -0.2) is 0 Å². The summed E-state index contributed by atoms with van der Waals surface area (Å²) < 4.78 is 0. The molecule has 1 heterocycles. The Bertz CT molecular complexity index is 565. The molecule has 1 aliphatic heterocycles. The zero-order valence-corrected chi connectivity index (χ0v) is 16.1. The van der Waals surface area contributed by atoms with Crippen LogP contribution >= 0.6 is 0 Å². The molecule has 1 amide bonds. The maximum Gasteiger partial charge on any atom is 0.220 e. The van der Waals surface area contributed by atoms with Gasteiger partial charge < -0.3 is 5.32 Å². The lowest BCUT2D eigenvalue weighted by Crippen LogP contribution is -2.54. The van der Waals surface area contributed by atoms with Crippen molar-refractivity contribution in [1.82, 2.24) is 10.2 Å². The first kappa shape index (κ1) is 19.0. The van der Waals surface area contributed by atoms with Crippen LogP contribution in [0.1, 0.15) is 56.7 Å². The summed E-state index contributed by atoms with van der Waals surface area (Å²) >= 11 is 0. The van der Waals surface area contributed by atoms with Gasteiger partial charge in [0.2, 0.25) is 5.91 Å². The summed E-state index contributed by atoms with van der Waals surface area (Å²) in [6, 6.07) is 6.46. The second-order valence-electron chi connectivity index (χ2n) is 8.21. The molecule has 134 valence electrons. The molecule has 0 aromatic heterocycles. The van der Waals surface area contributed by atoms with E-state index >= 15 is 0 Å². The monoisotopic (exact) mass is 330 g/mol. The average Bonchev–Trinajstić information content (AvgIpc) is 2.52. The minimum absolute atomic E-state index is 0.0319. The topological polar surface area (TPSA) is 32.3 Å². The summed E-state index contributed by atoms with van der Waals surface area (Å²) in [5.74, 6) is 0.923. The SMILES string of the molecule is Cc1ccc(CCC(=O)NCC(C)(C)N2CCCC(C)C2)c(C)c1. The van der Waals surface area contributed by atoms with Crippen LogP contribution in [0.2, 0.25) is 0 Å². The highest BCUT2D eigenvalue weighted by Crippen LogP contribution is 2.23. The lowest BCUT2D eigenvalue weighted by Gasteiger charge is -2.43. The fraction of sp³-hybridized carbons (Fsp3) is 0.667. The van der Waals surface area contributed by atoms with E-state index in [1.165, 1.54) is 29.5 Å². The lowest BCUT2D eigenvalue weighted by atomic mass is 9.93. The normalized spacial score (nSPS) is 19.3. The predicted octanol–water partition coefficient (Wildman–Crippen LogP) is 3.86. The Kier molecular flexibility index (Phi) is 6.45. The molecule has 0 spiro atoms. The number of benzene rings is 1. The molecular weight excluding hydrogens is 296 g/mol. The van der Waals surface area contributed by atoms with Crippen LogP contribution in [0.4, 0.5) is 0 Å². The first-order chi connectivity index (χ1) is 11.3. The first-order valence-corrected chi connectivity index (χ1v) is 9.36. The van der Waals surface area contributed by atoms with E-state index in [9.17, 15) is 4.79 Å². The number of carbonyl (C=O) groups excluding carboxylic acids is 1. The van der Waals surface area contributed by atoms with E-state index in [-0.39, 0.29) is 11.4 Å². The van der Waals surface area contributed by atoms with Crippen LogP contribution in [0, 0.1) is 19.8 Å². The van der Waals surface area contributed by atoms with Crippen molar-refractivity contribution in [2.75, 3.05) is 19.6 Å². The van der Waals surface area contributed by atoms with Gasteiger partial charge in [0.25, 0.3) is 0 Å². The summed E-state index contributed by atoms with van der Waals surface area (Å²) in [4.78, 5) is 14.8. The molecule has 1 fully saturated rings. The number of nitrogens with zero attached hydrogens (tertiary/aromatic N) is 1. The molecule has 1 atom stereocenters. The number of nitrogens with one attached hydrogen (secondary N) is 1. The molecule has 1 aromatic carbocycles. The van der Waals surface area contributed by atoms with Gasteiger partial charge in [0.1, 0.15) is 0 Å². The quantitative estimate of drug-likeness (QED) is 0.859. The van der Waals surface area contributed by atoms with Crippen LogP contribution in [0.15, 0.2) is 18.2 Å². The van der Waals surface area contributed by atoms with Crippen LogP contribution in [0.5, 0.6) is 0 Å². The lowest BCUT2D eigenvalue weighted by molar-refractivity contribution is -0.121. The first-order valence-electron chi connectivity index (χ1n) is 9.36. The van der Waals surface area contributed by atoms with E-state index in [0.717, 1.165) is 32.0 Å². The van der Waals surface area contributed by atoms with Crippen LogP contribution in [-0.2, 0) is 11.2 Å². The fourth-order valence-electron chi connectivity index (χ4n) is 3.63. The Morgan fingerprint density at radius 3 is 2.75 bits per heavy atom. The van der Waals surface area contributed by atoms with Crippen LogP contribution in [-0.4, -0.2) is 36.0 Å². The average molecular weight is 331 g/mol. The second kappa shape index (κ2) is 8.15. The Balaban J connectivity index is 1.79. The molecule has 24 heavy (non-hydrogen) atoms. The van der Waals surface area contributed by atoms with E-state index < -0.39 is 0 Å². The van der Waals surface area contributed by atoms with E-state index in [0.29, 0.717) is 6.42 Å². The summed E-state index contributed by atoms with van der Waals surface area (Å²) in [5, 5.41) is 3.16. The van der Waals surface area contributed by atoms with Gasteiger partial charge in [0, 0.05) is 25.0 Å². The van der Waals surface area contributed by atoms with Gasteiger partial charge in [-0.1, -0.05) is 30.7 Å². The zero-order valence-electron chi connectivity index (χ0n) is 16.1. The van der Waals surface area contributed by atoms with Gasteiger partial charge in [0.05, 0.1) is 0 Å². The zero-order chi connectivity index (χ0) is 17.7. The maximum absolute atomic E-state index is 12.3. The van der Waals surface area contributed by atoms with Gasteiger partial charge in [-0.3, -0.25) is 9.69 Å². The van der Waals surface area contributed by atoms with Crippen LogP contribution in [0.25, 0.3) is 0 Å². The summed E-state index contributed by atoms with van der Waals surface area (Å²) in [6.45, 7) is 14.1. The molecule has 3 heteroatoms. The number of rotatable bonds is 6. The minimum atomic E-state index is 0.0319. The number of hydrogen-bond donors (Lipinski definition) is 1. The van der Waals surface area contributed by atoms with Crippen LogP contribution < -0.4 is 5.32 Å². The molecule has 1 unspecified atom stereocenters. The molecule has 0 bridgehead atoms. The Labute approximate surface area is 147 Å². The third-order valence-electron chi connectivity index (χ3n) is 5.35. The summed E-state index contributed by atoms with van der Waals surface area (Å²) in [5.41, 5.74) is 3.87. The third-order valence-corrected chi connectivity index (χ3v) is 5.35. The summed E-state index contributed by atoms with van der Waals surface area (Å²) in [7, 11) is 0. The standard InChI is InChI=1S/C21H34N2O/c1-16-8-9-19(18(3)13-16)10-11-20(24)22-15-21(4,5)23-12-6-7-17(2)14-23/h8-9,13,17H,6-7,10-12,14-15H2,1-5H3,(H,22,24). The van der Waals surface area contributed by atoms with Gasteiger partial charge >= 0.3 is 0 Å². The van der Waals surface area contributed by atoms with Gasteiger partial charge in [-0.15, -0.1) is 0 Å². The van der Waals surface area contributed by atoms with Crippen molar-refractivity contribution < 1.29 is 4.79 Å². The van der Waals surface area contributed by atoms with Crippen molar-refractivity contribution in [3.05, 3.63) is 34.9 Å².